The van der Waals surface area contributed by atoms with Crippen molar-refractivity contribution in [3.05, 3.63) is 212 Å². The lowest BCUT2D eigenvalue weighted by atomic mass is 9.90. The second-order valence-electron chi connectivity index (χ2n) is 23.5. The molecule has 4 aromatic heterocycles. The molecule has 0 saturated heterocycles. The van der Waals surface area contributed by atoms with E-state index < -0.39 is 24.5 Å². The Morgan fingerprint density at radius 3 is 1.04 bits per heavy atom. The van der Waals surface area contributed by atoms with Crippen molar-refractivity contribution < 1.29 is 26.5 Å². The fourth-order valence-electron chi connectivity index (χ4n) is 10.6. The molecule has 0 atom stereocenters. The summed E-state index contributed by atoms with van der Waals surface area (Å²) >= 11 is 0. The summed E-state index contributed by atoms with van der Waals surface area (Å²) in [6.45, 7) is 37.6. The van der Waals surface area contributed by atoms with Gasteiger partial charge in [-0.05, 0) is 160 Å². The van der Waals surface area contributed by atoms with Gasteiger partial charge >= 0.3 is 0 Å². The van der Waals surface area contributed by atoms with Crippen molar-refractivity contribution in [1.29, 1.82) is 0 Å². The zero-order valence-electron chi connectivity index (χ0n) is 58.2. The number of aromatic nitrogens is 4. The van der Waals surface area contributed by atoms with E-state index in [1.54, 1.807) is 12.1 Å². The number of hydrogen-bond acceptors (Lipinski definition) is 0. The summed E-state index contributed by atoms with van der Waals surface area (Å²) in [5, 5.41) is 0. The van der Waals surface area contributed by atoms with Gasteiger partial charge in [-0.25, -0.2) is 18.3 Å². The van der Waals surface area contributed by atoms with Gasteiger partial charge in [0.1, 0.15) is 28.2 Å². The molecule has 412 valence electrons. The molecule has 0 saturated carbocycles. The average molecular weight is 1050 g/mol. The fraction of sp³-hybridized carbons (Fsp3) is 0.405. The predicted octanol–water partition coefficient (Wildman–Crippen LogP) is 17.9. The van der Waals surface area contributed by atoms with E-state index in [9.17, 15) is 0 Å². The molecule has 0 N–H and O–H groups in total. The summed E-state index contributed by atoms with van der Waals surface area (Å²) in [4.78, 5) is 0. The van der Waals surface area contributed by atoms with Crippen LogP contribution in [0.5, 0.6) is 0 Å². The van der Waals surface area contributed by atoms with Crippen molar-refractivity contribution in [2.45, 2.75) is 174 Å². The molecule has 78 heavy (non-hydrogen) atoms. The monoisotopic (exact) mass is 1050 g/mol. The van der Waals surface area contributed by atoms with Gasteiger partial charge in [0.2, 0.25) is 22.8 Å². The minimum Gasteiger partial charge on any atom is -0.201 e. The lowest BCUT2D eigenvalue weighted by Gasteiger charge is -2.16. The SMILES string of the molecule is Cc1ccc(-c2cc(C)c(C(C)C)c[n+]2C)c(C)c1.Cc1ccccc1-c1cc(C(C)C)c(C(C)C)c[n+]1C.[2H]C(C)(C)c1cc(-c2ccccc2C)[n+](C)cc1C([2H])(C)C.[2H]C([2H])([2H])c1ccc(-c2cc(C)c(C([2H])(C)C)c[n+]2C)c(C)c1. The van der Waals surface area contributed by atoms with Crippen LogP contribution in [0.25, 0.3) is 45.0 Å². The van der Waals surface area contributed by atoms with Gasteiger partial charge in [-0.2, -0.15) is 0 Å². The van der Waals surface area contributed by atoms with Crippen LogP contribution in [0.2, 0.25) is 0 Å². The Labute approximate surface area is 483 Å². The Balaban J connectivity index is 0.000000205. The lowest BCUT2D eigenvalue weighted by Crippen LogP contribution is -2.32. The number of pyridine rings is 4. The van der Waals surface area contributed by atoms with Crippen LogP contribution in [0.1, 0.15) is 205 Å². The summed E-state index contributed by atoms with van der Waals surface area (Å²) < 4.78 is 56.3. The Kier molecular flexibility index (Phi) is 18.8. The number of nitrogens with zero attached hydrogens (tertiary/aromatic N) is 4. The molecule has 0 aliphatic rings. The van der Waals surface area contributed by atoms with Gasteiger partial charge in [0.05, 0.1) is 0 Å². The molecule has 0 spiro atoms. The molecule has 0 aliphatic heterocycles. The zero-order valence-corrected chi connectivity index (χ0v) is 52.2. The van der Waals surface area contributed by atoms with Crippen LogP contribution in [0.15, 0.2) is 134 Å². The van der Waals surface area contributed by atoms with Crippen molar-refractivity contribution in [3.63, 3.8) is 0 Å². The normalized spacial score (nSPS) is 12.9. The maximum Gasteiger partial charge on any atom is 0.212 e. The highest BCUT2D eigenvalue weighted by molar-refractivity contribution is 5.65. The first kappa shape index (κ1) is 53.5. The molecule has 4 heterocycles. The van der Waals surface area contributed by atoms with Gasteiger partial charge < -0.3 is 0 Å². The number of aryl methyl sites for hydroxylation is 12. The van der Waals surface area contributed by atoms with E-state index in [2.05, 4.69) is 195 Å². The van der Waals surface area contributed by atoms with Gasteiger partial charge in [-0.15, -0.1) is 0 Å². The van der Waals surface area contributed by atoms with E-state index >= 15 is 0 Å². The van der Waals surface area contributed by atoms with Crippen LogP contribution in [-0.4, -0.2) is 0 Å². The average Bonchev–Trinajstić information content (AvgIpc) is 1.68. The Morgan fingerprint density at radius 1 is 0.308 bits per heavy atom. The van der Waals surface area contributed by atoms with Crippen molar-refractivity contribution in [2.75, 3.05) is 0 Å². The molecule has 0 unspecified atom stereocenters. The second kappa shape index (κ2) is 27.4. The predicted molar refractivity (Wildman–Crippen MR) is 335 cm³/mol. The Bertz CT molecular complexity index is 3600. The molecule has 4 nitrogen and oxygen atoms in total. The minimum atomic E-state index is -2.08. The first-order valence-corrected chi connectivity index (χ1v) is 28.1. The van der Waals surface area contributed by atoms with Crippen LogP contribution >= 0.6 is 0 Å². The van der Waals surface area contributed by atoms with Gasteiger partial charge in [0, 0.05) is 77.0 Å². The van der Waals surface area contributed by atoms with Crippen molar-refractivity contribution >= 4 is 0 Å². The van der Waals surface area contributed by atoms with Gasteiger partial charge in [-0.3, -0.25) is 0 Å². The molecule has 8 aromatic rings. The smallest absolute Gasteiger partial charge is 0.201 e. The number of rotatable bonds is 10. The first-order valence-electron chi connectivity index (χ1n) is 31.1. The van der Waals surface area contributed by atoms with E-state index in [0.717, 1.165) is 44.8 Å². The van der Waals surface area contributed by atoms with Crippen LogP contribution in [-0.2, 0) is 28.2 Å². The molecule has 8 rings (SSSR count). The molecular formula is C74H100N4+4. The maximum atomic E-state index is 8.48. The highest BCUT2D eigenvalue weighted by atomic mass is 14.9. The molecule has 0 amide bonds. The second-order valence-corrected chi connectivity index (χ2v) is 23.5. The van der Waals surface area contributed by atoms with E-state index in [1.165, 1.54) is 72.6 Å². The fourth-order valence-corrected chi connectivity index (χ4v) is 10.6. The van der Waals surface area contributed by atoms with E-state index in [-0.39, 0.29) is 0 Å². The van der Waals surface area contributed by atoms with Crippen molar-refractivity contribution in [2.24, 2.45) is 28.2 Å². The molecular weight excluding hydrogens is 945 g/mol. The standard InChI is InChI=1S/2C19H26N.2C18H24N/c2*1-13(2)17-11-19(16-10-8-7-9-15(16)5)20(6)12-18(17)14(3)4;2*1-12(2)17-11-19(6)18(10-15(17)5)16-8-7-13(3)9-14(16)4/h2*7-14H,1-6H3;2*7-12H,1-6H3/q4*+1/i13D,14D;;3D3,12D;. The Morgan fingerprint density at radius 2 is 0.641 bits per heavy atom. The molecule has 0 radical (unpaired) electrons. The van der Waals surface area contributed by atoms with Gasteiger partial charge in [0.25, 0.3) is 0 Å². The lowest BCUT2D eigenvalue weighted by molar-refractivity contribution is -0.661. The summed E-state index contributed by atoms with van der Waals surface area (Å²) in [7, 11) is 8.26. The topological polar surface area (TPSA) is 15.5 Å². The number of benzene rings is 4. The molecule has 4 aromatic carbocycles. The molecule has 0 fully saturated rings. The third kappa shape index (κ3) is 15.4. The van der Waals surface area contributed by atoms with Crippen LogP contribution in [0.4, 0.5) is 0 Å². The first-order chi connectivity index (χ1) is 38.7. The Hall–Kier alpha value is -6.52. The molecule has 0 bridgehead atoms. The third-order valence-electron chi connectivity index (χ3n) is 15.1. The maximum absolute atomic E-state index is 8.48. The summed E-state index contributed by atoms with van der Waals surface area (Å²) in [6.07, 6.45) is 8.59. The largest absolute Gasteiger partial charge is 0.212 e. The molecule has 0 aliphatic carbocycles. The summed E-state index contributed by atoms with van der Waals surface area (Å²) in [5.74, 6) is -0.435. The van der Waals surface area contributed by atoms with E-state index in [4.69, 9.17) is 8.22 Å². The molecule has 4 heteroatoms. The van der Waals surface area contributed by atoms with Crippen LogP contribution in [0, 0.1) is 55.3 Å². The van der Waals surface area contributed by atoms with Crippen LogP contribution in [0.3, 0.4) is 0 Å². The van der Waals surface area contributed by atoms with Gasteiger partial charge in [0.15, 0.2) is 24.8 Å². The van der Waals surface area contributed by atoms with E-state index in [1.807, 2.05) is 105 Å². The highest BCUT2D eigenvalue weighted by Crippen LogP contribution is 2.32. The van der Waals surface area contributed by atoms with Gasteiger partial charge in [-0.1, -0.05) is 155 Å². The van der Waals surface area contributed by atoms with Crippen molar-refractivity contribution in [3.8, 4) is 45.0 Å². The van der Waals surface area contributed by atoms with Crippen molar-refractivity contribution in [1.82, 2.24) is 0 Å². The summed E-state index contributed by atoms with van der Waals surface area (Å²) in [5.41, 5.74) is 25.6. The number of hydrogen-bond donors (Lipinski definition) is 0. The minimum absolute atomic E-state index is 0.363. The quantitative estimate of drug-likeness (QED) is 0.121. The van der Waals surface area contributed by atoms with Crippen LogP contribution < -0.4 is 18.3 Å². The van der Waals surface area contributed by atoms with E-state index in [0.29, 0.717) is 23.3 Å². The zero-order chi connectivity index (χ0) is 63.3. The third-order valence-corrected chi connectivity index (χ3v) is 15.1. The summed E-state index contributed by atoms with van der Waals surface area (Å²) in [6, 6.07) is 37.7. The highest BCUT2D eigenvalue weighted by Gasteiger charge is 2.23.